The summed E-state index contributed by atoms with van der Waals surface area (Å²) in [6, 6.07) is 27.2. The molecule has 2 heteroatoms. The summed E-state index contributed by atoms with van der Waals surface area (Å²) in [6.07, 6.45) is 0.453. The summed E-state index contributed by atoms with van der Waals surface area (Å²) >= 11 is 0. The SMILES string of the molecule is CC/C(C(=O)O)=C(/c1ccccc1)c1ccc(C#Cc2ccccc2)cc1. The highest BCUT2D eigenvalue weighted by molar-refractivity contribution is 6.00. The molecule has 1 N–H and O–H groups in total. The molecule has 27 heavy (non-hydrogen) atoms. The van der Waals surface area contributed by atoms with E-state index in [9.17, 15) is 9.90 Å². The van der Waals surface area contributed by atoms with E-state index in [-0.39, 0.29) is 0 Å². The van der Waals surface area contributed by atoms with Crippen LogP contribution < -0.4 is 0 Å². The topological polar surface area (TPSA) is 37.3 Å². The lowest BCUT2D eigenvalue weighted by atomic mass is 9.91. The van der Waals surface area contributed by atoms with Crippen molar-refractivity contribution in [1.29, 1.82) is 0 Å². The summed E-state index contributed by atoms with van der Waals surface area (Å²) in [5.74, 6) is 5.40. The maximum absolute atomic E-state index is 11.8. The van der Waals surface area contributed by atoms with Crippen LogP contribution >= 0.6 is 0 Å². The fourth-order valence-electron chi connectivity index (χ4n) is 2.94. The molecule has 132 valence electrons. The molecule has 0 saturated heterocycles. The molecule has 3 rings (SSSR count). The molecule has 0 saturated carbocycles. The van der Waals surface area contributed by atoms with Gasteiger partial charge in [0.1, 0.15) is 0 Å². The van der Waals surface area contributed by atoms with Crippen molar-refractivity contribution >= 4 is 11.5 Å². The van der Waals surface area contributed by atoms with Crippen molar-refractivity contribution in [3.8, 4) is 11.8 Å². The fourth-order valence-corrected chi connectivity index (χ4v) is 2.94. The van der Waals surface area contributed by atoms with Crippen molar-refractivity contribution < 1.29 is 9.90 Å². The van der Waals surface area contributed by atoms with E-state index in [0.717, 1.165) is 27.8 Å². The van der Waals surface area contributed by atoms with E-state index < -0.39 is 5.97 Å². The molecule has 0 heterocycles. The van der Waals surface area contributed by atoms with Crippen LogP contribution in [0.2, 0.25) is 0 Å². The lowest BCUT2D eigenvalue weighted by Gasteiger charge is -2.13. The molecule has 0 aliphatic rings. The van der Waals surface area contributed by atoms with Crippen LogP contribution in [0.3, 0.4) is 0 Å². The molecule has 0 amide bonds. The molecule has 0 bridgehead atoms. The summed E-state index contributed by atoms with van der Waals surface area (Å²) in [6.45, 7) is 1.87. The van der Waals surface area contributed by atoms with Gasteiger partial charge < -0.3 is 5.11 Å². The molecule has 0 unspecified atom stereocenters. The highest BCUT2D eigenvalue weighted by Crippen LogP contribution is 2.29. The second-order valence-electron chi connectivity index (χ2n) is 6.07. The molecule has 0 aliphatic carbocycles. The largest absolute Gasteiger partial charge is 0.478 e. The Morgan fingerprint density at radius 1 is 0.741 bits per heavy atom. The average molecular weight is 352 g/mol. The first kappa shape index (κ1) is 18.2. The third kappa shape index (κ3) is 4.54. The van der Waals surface area contributed by atoms with Crippen LogP contribution in [0.5, 0.6) is 0 Å². The van der Waals surface area contributed by atoms with Crippen LogP contribution in [0.1, 0.15) is 35.6 Å². The van der Waals surface area contributed by atoms with E-state index >= 15 is 0 Å². The molecule has 2 nitrogen and oxygen atoms in total. The predicted octanol–water partition coefficient (Wildman–Crippen LogP) is 5.38. The Kier molecular flexibility index (Phi) is 5.87. The Morgan fingerprint density at radius 2 is 1.22 bits per heavy atom. The predicted molar refractivity (Wildman–Crippen MR) is 109 cm³/mol. The van der Waals surface area contributed by atoms with E-state index in [2.05, 4.69) is 11.8 Å². The number of hydrogen-bond acceptors (Lipinski definition) is 1. The number of aliphatic carboxylic acids is 1. The Labute approximate surface area is 159 Å². The highest BCUT2D eigenvalue weighted by Gasteiger charge is 2.16. The average Bonchev–Trinajstić information content (AvgIpc) is 2.72. The number of rotatable bonds is 4. The van der Waals surface area contributed by atoms with Crippen molar-refractivity contribution in [2.45, 2.75) is 13.3 Å². The first-order valence-electron chi connectivity index (χ1n) is 8.88. The summed E-state index contributed by atoms with van der Waals surface area (Å²) in [7, 11) is 0. The van der Waals surface area contributed by atoms with E-state index in [1.165, 1.54) is 0 Å². The Bertz CT molecular complexity index is 1000. The third-order valence-electron chi connectivity index (χ3n) is 4.27. The van der Waals surface area contributed by atoms with Gasteiger partial charge in [0, 0.05) is 16.7 Å². The minimum absolute atomic E-state index is 0.407. The zero-order valence-corrected chi connectivity index (χ0v) is 15.1. The van der Waals surface area contributed by atoms with Gasteiger partial charge in [-0.15, -0.1) is 0 Å². The minimum atomic E-state index is -0.885. The summed E-state index contributed by atoms with van der Waals surface area (Å²) in [5, 5.41) is 9.65. The summed E-state index contributed by atoms with van der Waals surface area (Å²) in [5.41, 5.74) is 4.80. The summed E-state index contributed by atoms with van der Waals surface area (Å²) < 4.78 is 0. The first-order chi connectivity index (χ1) is 13.2. The van der Waals surface area contributed by atoms with Crippen LogP contribution in [0.4, 0.5) is 0 Å². The monoisotopic (exact) mass is 352 g/mol. The molecule has 0 spiro atoms. The lowest BCUT2D eigenvalue weighted by Crippen LogP contribution is -2.04. The molecular weight excluding hydrogens is 332 g/mol. The lowest BCUT2D eigenvalue weighted by molar-refractivity contribution is -0.132. The second kappa shape index (κ2) is 8.69. The van der Waals surface area contributed by atoms with Crippen molar-refractivity contribution in [2.75, 3.05) is 0 Å². The molecule has 0 atom stereocenters. The molecular formula is C25H20O2. The summed E-state index contributed by atoms with van der Waals surface area (Å²) in [4.78, 5) is 11.8. The Balaban J connectivity index is 2.00. The standard InChI is InChI=1S/C25H20O2/c1-2-23(25(26)27)24(21-11-7-4-8-12-21)22-17-15-20(16-18-22)14-13-19-9-5-3-6-10-19/h3-12,15-18H,2H2,1H3,(H,26,27)/b24-23+. The number of carbonyl (C=O) groups is 1. The smallest absolute Gasteiger partial charge is 0.332 e. The van der Waals surface area contributed by atoms with Crippen LogP contribution in [0.15, 0.2) is 90.5 Å². The highest BCUT2D eigenvalue weighted by atomic mass is 16.4. The maximum Gasteiger partial charge on any atom is 0.332 e. The molecule has 0 radical (unpaired) electrons. The fraction of sp³-hybridized carbons (Fsp3) is 0.0800. The van der Waals surface area contributed by atoms with Crippen LogP contribution in [-0.2, 0) is 4.79 Å². The van der Waals surface area contributed by atoms with Gasteiger partial charge in [0.25, 0.3) is 0 Å². The van der Waals surface area contributed by atoms with Crippen molar-refractivity contribution in [3.05, 3.63) is 113 Å². The molecule has 0 aromatic heterocycles. The van der Waals surface area contributed by atoms with Crippen LogP contribution in [-0.4, -0.2) is 11.1 Å². The van der Waals surface area contributed by atoms with Crippen LogP contribution in [0, 0.1) is 11.8 Å². The molecule has 3 aromatic rings. The number of carboxylic acid groups (broad SMARTS) is 1. The van der Waals surface area contributed by atoms with E-state index in [0.29, 0.717) is 12.0 Å². The second-order valence-corrected chi connectivity index (χ2v) is 6.07. The van der Waals surface area contributed by atoms with Crippen molar-refractivity contribution in [2.24, 2.45) is 0 Å². The van der Waals surface area contributed by atoms with Gasteiger partial charge in [0.15, 0.2) is 0 Å². The quantitative estimate of drug-likeness (QED) is 0.505. The number of carboxylic acids is 1. The normalized spacial score (nSPS) is 11.1. The van der Waals surface area contributed by atoms with Gasteiger partial charge in [-0.3, -0.25) is 0 Å². The van der Waals surface area contributed by atoms with Gasteiger partial charge in [0.2, 0.25) is 0 Å². The molecule has 0 aliphatic heterocycles. The van der Waals surface area contributed by atoms with Gasteiger partial charge in [-0.05, 0) is 47.4 Å². The van der Waals surface area contributed by atoms with E-state index in [1.807, 2.05) is 91.9 Å². The Hall–Kier alpha value is -3.57. The first-order valence-corrected chi connectivity index (χ1v) is 8.88. The van der Waals surface area contributed by atoms with Gasteiger partial charge in [-0.1, -0.05) is 79.4 Å². The maximum atomic E-state index is 11.8. The zero-order valence-electron chi connectivity index (χ0n) is 15.1. The van der Waals surface area contributed by atoms with E-state index in [1.54, 1.807) is 0 Å². The van der Waals surface area contributed by atoms with E-state index in [4.69, 9.17) is 0 Å². The van der Waals surface area contributed by atoms with Crippen molar-refractivity contribution in [3.63, 3.8) is 0 Å². The van der Waals surface area contributed by atoms with Gasteiger partial charge in [-0.25, -0.2) is 4.79 Å². The zero-order chi connectivity index (χ0) is 19.1. The third-order valence-corrected chi connectivity index (χ3v) is 4.27. The molecule has 3 aromatic carbocycles. The van der Waals surface area contributed by atoms with Crippen LogP contribution in [0.25, 0.3) is 5.57 Å². The minimum Gasteiger partial charge on any atom is -0.478 e. The van der Waals surface area contributed by atoms with Gasteiger partial charge >= 0.3 is 5.97 Å². The number of benzene rings is 3. The van der Waals surface area contributed by atoms with Crippen molar-refractivity contribution in [1.82, 2.24) is 0 Å². The van der Waals surface area contributed by atoms with Gasteiger partial charge in [0.05, 0.1) is 0 Å². The van der Waals surface area contributed by atoms with Gasteiger partial charge in [-0.2, -0.15) is 0 Å². The number of hydrogen-bond donors (Lipinski definition) is 1. The molecule has 0 fully saturated rings. The Morgan fingerprint density at radius 3 is 1.74 bits per heavy atom.